The maximum atomic E-state index is 12.8. The minimum absolute atomic E-state index is 0.359. The number of benzene rings is 1. The van der Waals surface area contributed by atoms with E-state index in [1.807, 2.05) is 0 Å². The zero-order valence-corrected chi connectivity index (χ0v) is 6.86. The highest BCUT2D eigenvalue weighted by atomic mass is 19.2. The summed E-state index contributed by atoms with van der Waals surface area (Å²) in [6.07, 6.45) is 0.359. The predicted molar refractivity (Wildman–Crippen MR) is 39.3 cm³/mol. The lowest BCUT2D eigenvalue weighted by Crippen LogP contribution is -2.04. The molecular formula is C7H3F5N2O. The van der Waals surface area contributed by atoms with Crippen molar-refractivity contribution in [3.8, 4) is 0 Å². The number of nitrogens with one attached hydrogen (secondary N) is 1. The minimum atomic E-state index is -2.26. The molecule has 0 unspecified atom stereocenters. The normalized spacial score (nSPS) is 11.1. The molecule has 1 rings (SSSR count). The van der Waals surface area contributed by atoms with Crippen molar-refractivity contribution in [1.29, 1.82) is 0 Å². The Morgan fingerprint density at radius 3 is 1.67 bits per heavy atom. The van der Waals surface area contributed by atoms with E-state index < -0.39 is 34.8 Å². The zero-order chi connectivity index (χ0) is 11.6. The molecule has 0 aliphatic heterocycles. The van der Waals surface area contributed by atoms with E-state index in [2.05, 4.69) is 4.99 Å². The highest BCUT2D eigenvalue weighted by Gasteiger charge is 2.25. The smallest absolute Gasteiger partial charge is 0.200 e. The van der Waals surface area contributed by atoms with Gasteiger partial charge < -0.3 is 0 Å². The van der Waals surface area contributed by atoms with E-state index in [1.54, 1.807) is 0 Å². The van der Waals surface area contributed by atoms with Gasteiger partial charge in [-0.05, 0) is 0 Å². The summed E-state index contributed by atoms with van der Waals surface area (Å²) in [4.78, 5) is 2.80. The van der Waals surface area contributed by atoms with Crippen LogP contribution >= 0.6 is 0 Å². The van der Waals surface area contributed by atoms with Gasteiger partial charge in [-0.3, -0.25) is 10.7 Å². The molecule has 8 heteroatoms. The second-order valence-corrected chi connectivity index (χ2v) is 2.31. The third kappa shape index (κ3) is 1.89. The lowest BCUT2D eigenvalue weighted by Gasteiger charge is -2.02. The monoisotopic (exact) mass is 226 g/mol. The average molecular weight is 226 g/mol. The lowest BCUT2D eigenvalue weighted by atomic mass is 10.2. The fourth-order valence-corrected chi connectivity index (χ4v) is 0.800. The first-order chi connectivity index (χ1) is 7.00. The fraction of sp³-hybridized carbons (Fsp3) is 0. The van der Waals surface area contributed by atoms with Gasteiger partial charge in [0.25, 0.3) is 0 Å². The van der Waals surface area contributed by atoms with Gasteiger partial charge in [0.05, 0.1) is 0 Å². The fourth-order valence-electron chi connectivity index (χ4n) is 0.800. The Labute approximate surface area is 79.8 Å². The highest BCUT2D eigenvalue weighted by Crippen LogP contribution is 2.28. The van der Waals surface area contributed by atoms with Crippen molar-refractivity contribution >= 4 is 12.0 Å². The summed E-state index contributed by atoms with van der Waals surface area (Å²) < 4.78 is 63.1. The van der Waals surface area contributed by atoms with Gasteiger partial charge in [-0.2, -0.15) is 0 Å². The molecule has 0 aliphatic rings. The maximum Gasteiger partial charge on any atom is 0.200 e. The number of rotatable bonds is 2. The van der Waals surface area contributed by atoms with Crippen LogP contribution in [0.15, 0.2) is 4.99 Å². The molecule has 0 radical (unpaired) electrons. The molecule has 0 fully saturated rings. The SMILES string of the molecule is ONC=Nc1c(F)c(F)c(F)c(F)c1F. The van der Waals surface area contributed by atoms with E-state index in [0.29, 0.717) is 6.34 Å². The Balaban J connectivity index is 3.45. The summed E-state index contributed by atoms with van der Waals surface area (Å²) in [5, 5.41) is 8.00. The van der Waals surface area contributed by atoms with Gasteiger partial charge in [0.15, 0.2) is 23.3 Å². The molecule has 0 amide bonds. The van der Waals surface area contributed by atoms with Crippen LogP contribution in [0.5, 0.6) is 0 Å². The van der Waals surface area contributed by atoms with E-state index in [4.69, 9.17) is 5.21 Å². The first-order valence-electron chi connectivity index (χ1n) is 3.44. The molecule has 0 aliphatic carbocycles. The van der Waals surface area contributed by atoms with Gasteiger partial charge in [0.2, 0.25) is 5.82 Å². The lowest BCUT2D eigenvalue weighted by molar-refractivity contribution is 0.240. The Bertz CT molecular complexity index is 391. The topological polar surface area (TPSA) is 44.6 Å². The summed E-state index contributed by atoms with van der Waals surface area (Å²) in [6.45, 7) is 0. The molecule has 0 spiro atoms. The molecule has 0 saturated heterocycles. The van der Waals surface area contributed by atoms with Crippen LogP contribution in [-0.2, 0) is 0 Å². The van der Waals surface area contributed by atoms with E-state index >= 15 is 0 Å². The molecule has 0 atom stereocenters. The van der Waals surface area contributed by atoms with Gasteiger partial charge in [-0.15, -0.1) is 0 Å². The summed E-state index contributed by atoms with van der Waals surface area (Å²) in [7, 11) is 0. The first-order valence-corrected chi connectivity index (χ1v) is 3.44. The largest absolute Gasteiger partial charge is 0.290 e. The summed E-state index contributed by atoms with van der Waals surface area (Å²) >= 11 is 0. The van der Waals surface area contributed by atoms with Crippen molar-refractivity contribution in [3.05, 3.63) is 29.1 Å². The molecule has 0 saturated carbocycles. The Morgan fingerprint density at radius 1 is 0.867 bits per heavy atom. The molecule has 15 heavy (non-hydrogen) atoms. The van der Waals surface area contributed by atoms with Crippen LogP contribution in [0, 0.1) is 29.1 Å². The van der Waals surface area contributed by atoms with Gasteiger partial charge in [0, 0.05) is 0 Å². The van der Waals surface area contributed by atoms with E-state index in [-0.39, 0.29) is 0 Å². The minimum Gasteiger partial charge on any atom is -0.290 e. The van der Waals surface area contributed by atoms with Crippen LogP contribution in [0.1, 0.15) is 0 Å². The van der Waals surface area contributed by atoms with E-state index in [1.165, 1.54) is 5.48 Å². The van der Waals surface area contributed by atoms with Crippen molar-refractivity contribution in [3.63, 3.8) is 0 Å². The summed E-state index contributed by atoms with van der Waals surface area (Å²) in [6, 6.07) is 0. The second kappa shape index (κ2) is 4.22. The number of hydroxylamine groups is 1. The molecule has 0 aromatic heterocycles. The quantitative estimate of drug-likeness (QED) is 0.202. The molecule has 1 aromatic rings. The van der Waals surface area contributed by atoms with Gasteiger partial charge in [0.1, 0.15) is 12.0 Å². The van der Waals surface area contributed by atoms with Crippen molar-refractivity contribution < 1.29 is 27.2 Å². The molecule has 82 valence electrons. The van der Waals surface area contributed by atoms with Crippen LogP contribution in [0.2, 0.25) is 0 Å². The predicted octanol–water partition coefficient (Wildman–Crippen LogP) is 2.02. The number of halogens is 5. The van der Waals surface area contributed by atoms with E-state index in [9.17, 15) is 22.0 Å². The Morgan fingerprint density at radius 2 is 1.27 bits per heavy atom. The van der Waals surface area contributed by atoms with Crippen molar-refractivity contribution in [1.82, 2.24) is 5.48 Å². The van der Waals surface area contributed by atoms with Crippen molar-refractivity contribution in [2.75, 3.05) is 0 Å². The highest BCUT2D eigenvalue weighted by molar-refractivity contribution is 5.60. The van der Waals surface area contributed by atoms with Crippen molar-refractivity contribution in [2.24, 2.45) is 4.99 Å². The maximum absolute atomic E-state index is 12.8. The molecule has 1 aromatic carbocycles. The van der Waals surface area contributed by atoms with E-state index in [0.717, 1.165) is 0 Å². The third-order valence-corrected chi connectivity index (χ3v) is 1.44. The van der Waals surface area contributed by atoms with Crippen LogP contribution < -0.4 is 5.48 Å². The standard InChI is InChI=1S/C7H3F5N2O/c8-2-3(9)5(11)7(13-1-14-15)6(12)4(2)10/h1,15H,(H,13,14). The number of nitrogens with zero attached hydrogens (tertiary/aromatic N) is 1. The molecular weight excluding hydrogens is 223 g/mol. The summed E-state index contributed by atoms with van der Waals surface area (Å²) in [5.41, 5.74) is -0.121. The second-order valence-electron chi connectivity index (χ2n) is 2.31. The van der Waals surface area contributed by atoms with Crippen LogP contribution in [0.3, 0.4) is 0 Å². The molecule has 2 N–H and O–H groups in total. The van der Waals surface area contributed by atoms with Gasteiger partial charge in [-0.1, -0.05) is 0 Å². The number of hydrogen-bond donors (Lipinski definition) is 2. The van der Waals surface area contributed by atoms with Crippen LogP contribution in [0.25, 0.3) is 0 Å². The summed E-state index contributed by atoms with van der Waals surface area (Å²) in [5.74, 6) is -10.6. The molecule has 0 heterocycles. The molecule has 3 nitrogen and oxygen atoms in total. The number of hydrogen-bond acceptors (Lipinski definition) is 2. The van der Waals surface area contributed by atoms with Crippen molar-refractivity contribution in [2.45, 2.75) is 0 Å². The average Bonchev–Trinajstić information content (AvgIpc) is 2.24. The third-order valence-electron chi connectivity index (χ3n) is 1.44. The Kier molecular flexibility index (Phi) is 3.20. The van der Waals surface area contributed by atoms with Crippen LogP contribution in [-0.4, -0.2) is 11.5 Å². The zero-order valence-electron chi connectivity index (χ0n) is 6.86. The first kappa shape index (κ1) is 11.4. The van der Waals surface area contributed by atoms with Gasteiger partial charge in [-0.25, -0.2) is 26.9 Å². The van der Waals surface area contributed by atoms with Gasteiger partial charge >= 0.3 is 0 Å². The molecule has 0 bridgehead atoms. The van der Waals surface area contributed by atoms with Crippen LogP contribution in [0.4, 0.5) is 27.6 Å². The Hall–Kier alpha value is -1.70. The number of aliphatic imine (C=N–C) groups is 1.